The number of hydrogen-bond donors (Lipinski definition) is 0. The van der Waals surface area contributed by atoms with Gasteiger partial charge < -0.3 is 24.8 Å². The Bertz CT molecular complexity index is 469. The molecule has 2 bridgehead atoms. The Morgan fingerprint density at radius 3 is 2.41 bits per heavy atom. The fraction of sp³-hybridized carbons (Fsp3) is 0.429. The second-order valence-electron chi connectivity index (χ2n) is 4.91. The zero-order valence-electron chi connectivity index (χ0n) is 10.1. The van der Waals surface area contributed by atoms with Crippen molar-refractivity contribution < 1.29 is 49.5 Å². The maximum atomic E-state index is 2.45. The molecule has 0 radical (unpaired) electrons. The van der Waals surface area contributed by atoms with E-state index in [0.717, 1.165) is 0 Å². The quantitative estimate of drug-likeness (QED) is 0.507. The first kappa shape index (κ1) is 15.5. The van der Waals surface area contributed by atoms with E-state index in [-0.39, 0.29) is 24.8 Å². The van der Waals surface area contributed by atoms with Crippen LogP contribution in [0, 0.1) is 5.41 Å². The average Bonchev–Trinajstić information content (AvgIpc) is 2.87. The maximum Gasteiger partial charge on any atom is -1.00 e. The Balaban J connectivity index is 0.000000722. The molecule has 0 aromatic rings. The minimum absolute atomic E-state index is 0. The summed E-state index contributed by atoms with van der Waals surface area (Å²) in [5, 5.41) is 0. The van der Waals surface area contributed by atoms with Crippen LogP contribution in [0.2, 0.25) is 0 Å². The normalized spacial score (nSPS) is 29.5. The largest absolute Gasteiger partial charge is 1.00 e. The fourth-order valence-electron chi connectivity index (χ4n) is 3.37. The third kappa shape index (κ3) is 1.90. The second-order valence-corrected chi connectivity index (χ2v) is 6.14. The van der Waals surface area contributed by atoms with Crippen molar-refractivity contribution in [3.05, 3.63) is 43.8 Å². The van der Waals surface area contributed by atoms with E-state index in [4.69, 9.17) is 0 Å². The van der Waals surface area contributed by atoms with Crippen LogP contribution < -0.4 is 24.8 Å². The fourth-order valence-corrected chi connectivity index (χ4v) is 4.90. The van der Waals surface area contributed by atoms with Crippen LogP contribution in [-0.2, 0) is 24.7 Å². The van der Waals surface area contributed by atoms with Gasteiger partial charge in [0.2, 0.25) is 0 Å². The first-order valence-electron chi connectivity index (χ1n) is 5.67. The molecule has 0 saturated carbocycles. The van der Waals surface area contributed by atoms with Gasteiger partial charge in [-0.25, -0.2) is 0 Å². The van der Waals surface area contributed by atoms with Crippen molar-refractivity contribution in [2.24, 2.45) is 5.41 Å². The summed E-state index contributed by atoms with van der Waals surface area (Å²) in [5.41, 5.74) is 6.98. The molecule has 0 amide bonds. The molecule has 17 heavy (non-hydrogen) atoms. The van der Waals surface area contributed by atoms with Gasteiger partial charge in [-0.3, -0.25) is 0 Å². The molecule has 0 spiro atoms. The van der Waals surface area contributed by atoms with Crippen molar-refractivity contribution >= 4 is 0 Å². The van der Waals surface area contributed by atoms with Gasteiger partial charge in [-0.1, -0.05) is 0 Å². The monoisotopic (exact) mass is 343 g/mol. The van der Waals surface area contributed by atoms with Crippen molar-refractivity contribution in [1.29, 1.82) is 0 Å². The molecule has 3 rings (SSSR count). The van der Waals surface area contributed by atoms with Crippen molar-refractivity contribution in [3.8, 4) is 0 Å². The topological polar surface area (TPSA) is 0 Å². The van der Waals surface area contributed by atoms with E-state index in [2.05, 4.69) is 32.1 Å². The van der Waals surface area contributed by atoms with Gasteiger partial charge in [-0.15, -0.1) is 0 Å². The summed E-state index contributed by atoms with van der Waals surface area (Å²) in [5.74, 6) is 0. The molecule has 0 aromatic carbocycles. The van der Waals surface area contributed by atoms with Crippen LogP contribution in [0.1, 0.15) is 33.1 Å². The standard InChI is InChI=1S/C14H15.2ClH.Zr/c1-10-11-7-8-13(10)14(2,9-11)12-5-3-4-6-12;;;/h3-5H,6-8H2,1-2H3;2*1H;/q;;;+2/p-2. The predicted molar refractivity (Wildman–Crippen MR) is 58.9 cm³/mol. The summed E-state index contributed by atoms with van der Waals surface area (Å²) in [6, 6.07) is 0. The van der Waals surface area contributed by atoms with Crippen LogP contribution in [0.3, 0.4) is 0 Å². The van der Waals surface area contributed by atoms with Gasteiger partial charge in [-0.05, 0) is 0 Å². The van der Waals surface area contributed by atoms with Gasteiger partial charge in [0.1, 0.15) is 0 Å². The van der Waals surface area contributed by atoms with Crippen LogP contribution in [-0.4, -0.2) is 0 Å². The number of rotatable bonds is 1. The first-order valence-corrected chi connectivity index (χ1v) is 6.90. The van der Waals surface area contributed by atoms with Crippen molar-refractivity contribution in [3.63, 3.8) is 0 Å². The van der Waals surface area contributed by atoms with E-state index >= 15 is 0 Å². The van der Waals surface area contributed by atoms with E-state index in [0.29, 0.717) is 5.41 Å². The zero-order chi connectivity index (χ0) is 10.6. The Hall–Kier alpha value is 0.423. The molecule has 1 atom stereocenters. The molecule has 3 heteroatoms. The van der Waals surface area contributed by atoms with E-state index in [9.17, 15) is 0 Å². The van der Waals surface area contributed by atoms with Gasteiger partial charge in [-0.2, -0.15) is 0 Å². The molecule has 89 valence electrons. The number of halogens is 2. The first-order chi connectivity index (χ1) is 7.15. The van der Waals surface area contributed by atoms with Crippen LogP contribution in [0.5, 0.6) is 0 Å². The summed E-state index contributed by atoms with van der Waals surface area (Å²) in [4.78, 5) is 0. The SMILES string of the molecule is CC1=C2CCC1=[C]([Zr+2])C2(C)C1=CC=CC1.[Cl-].[Cl-]. The number of allylic oxidation sites excluding steroid dienone is 8. The Morgan fingerprint density at radius 2 is 1.94 bits per heavy atom. The molecule has 0 N–H and O–H groups in total. The van der Waals surface area contributed by atoms with Gasteiger partial charge in [0.05, 0.1) is 0 Å². The van der Waals surface area contributed by atoms with Crippen molar-refractivity contribution in [1.82, 2.24) is 0 Å². The number of fused-ring (bicyclic) bond motifs is 1. The molecule has 1 unspecified atom stereocenters. The third-order valence-electron chi connectivity index (χ3n) is 4.35. The van der Waals surface area contributed by atoms with Crippen LogP contribution in [0.4, 0.5) is 0 Å². The zero-order valence-corrected chi connectivity index (χ0v) is 14.1. The summed E-state index contributed by atoms with van der Waals surface area (Å²) in [6.07, 6.45) is 10.6. The van der Waals surface area contributed by atoms with Gasteiger partial charge in [0.15, 0.2) is 0 Å². The predicted octanol–water partition coefficient (Wildman–Crippen LogP) is -2.19. The van der Waals surface area contributed by atoms with Gasteiger partial charge >= 0.3 is 107 Å². The molecule has 0 heterocycles. The molecule has 0 saturated heterocycles. The van der Waals surface area contributed by atoms with Crippen molar-refractivity contribution in [2.45, 2.75) is 33.1 Å². The van der Waals surface area contributed by atoms with E-state index in [1.807, 2.05) is 0 Å². The molecule has 0 nitrogen and oxygen atoms in total. The Morgan fingerprint density at radius 1 is 1.24 bits per heavy atom. The third-order valence-corrected chi connectivity index (χ3v) is 6.32. The van der Waals surface area contributed by atoms with E-state index < -0.39 is 0 Å². The molecule has 0 aliphatic heterocycles. The average molecular weight is 345 g/mol. The molecule has 3 aliphatic rings. The van der Waals surface area contributed by atoms with Crippen molar-refractivity contribution in [2.75, 3.05) is 0 Å². The smallest absolute Gasteiger partial charge is 1.00 e. The molecular weight excluding hydrogens is 330 g/mol. The van der Waals surface area contributed by atoms with Crippen LogP contribution in [0.15, 0.2) is 43.8 Å². The maximum absolute atomic E-state index is 2.45. The summed E-state index contributed by atoms with van der Waals surface area (Å²) in [6.45, 7) is 4.77. The molecule has 0 fully saturated rings. The summed E-state index contributed by atoms with van der Waals surface area (Å²) >= 11 is 1.62. The molecular formula is C14H15Cl2Zr. The Labute approximate surface area is 131 Å². The summed E-state index contributed by atoms with van der Waals surface area (Å²) < 4.78 is 1.71. The number of hydrogen-bond acceptors (Lipinski definition) is 0. The summed E-state index contributed by atoms with van der Waals surface area (Å²) in [7, 11) is 0. The minimum Gasteiger partial charge on any atom is -1.00 e. The second kappa shape index (κ2) is 5.19. The Kier molecular flexibility index (Phi) is 4.73. The van der Waals surface area contributed by atoms with Crippen LogP contribution in [0.25, 0.3) is 0 Å². The van der Waals surface area contributed by atoms with E-state index in [1.165, 1.54) is 19.3 Å². The van der Waals surface area contributed by atoms with E-state index in [1.54, 1.807) is 50.3 Å². The molecule has 3 aliphatic carbocycles. The van der Waals surface area contributed by atoms with Crippen LogP contribution >= 0.6 is 0 Å². The molecule has 0 aromatic heterocycles. The van der Waals surface area contributed by atoms with Gasteiger partial charge in [0, 0.05) is 0 Å². The van der Waals surface area contributed by atoms with Gasteiger partial charge in [0.25, 0.3) is 0 Å². The minimum atomic E-state index is 0.